The van der Waals surface area contributed by atoms with Crippen LogP contribution in [0.2, 0.25) is 0 Å². The number of amides is 2. The van der Waals surface area contributed by atoms with Crippen molar-refractivity contribution in [3.05, 3.63) is 60.2 Å². The minimum atomic E-state index is -4.74. The fraction of sp³-hybridized carbons (Fsp3) is 0.500. The number of alkyl halides is 3. The van der Waals surface area contributed by atoms with E-state index in [4.69, 9.17) is 0 Å². The standard InChI is InChI=1S/C28H36F3N3O3/c1-20(22-10-6-3-7-11-22)26(35)34-25(17-12-21-8-4-2-5-9-21)27(36)33-19-18-32-23-13-15-24(16-14-23)37-28(29,30)31/h3,6-7,10-11,13-16,20-21,25,32H,2,4-5,8-9,12,17-19H2,1H3,(H,33,36)(H,34,35)/t20-,25+/m1/s1. The van der Waals surface area contributed by atoms with E-state index in [0.717, 1.165) is 12.0 Å². The zero-order valence-electron chi connectivity index (χ0n) is 21.2. The molecule has 1 saturated carbocycles. The number of carbonyl (C=O) groups excluding carboxylic acids is 2. The molecule has 1 aliphatic carbocycles. The van der Waals surface area contributed by atoms with Crippen LogP contribution in [0, 0.1) is 5.92 Å². The average Bonchev–Trinajstić information content (AvgIpc) is 2.89. The Kier molecular flexibility index (Phi) is 10.7. The van der Waals surface area contributed by atoms with E-state index >= 15 is 0 Å². The third-order valence-electron chi connectivity index (χ3n) is 6.76. The Morgan fingerprint density at radius 3 is 2.27 bits per heavy atom. The van der Waals surface area contributed by atoms with E-state index in [0.29, 0.717) is 31.1 Å². The summed E-state index contributed by atoms with van der Waals surface area (Å²) in [5.74, 6) is -0.516. The molecule has 3 rings (SSSR count). The lowest BCUT2D eigenvalue weighted by Crippen LogP contribution is -2.48. The van der Waals surface area contributed by atoms with Crippen LogP contribution < -0.4 is 20.7 Å². The molecule has 1 fully saturated rings. The topological polar surface area (TPSA) is 79.5 Å². The van der Waals surface area contributed by atoms with Gasteiger partial charge in [-0.15, -0.1) is 13.2 Å². The van der Waals surface area contributed by atoms with E-state index in [1.54, 1.807) is 0 Å². The summed E-state index contributed by atoms with van der Waals surface area (Å²) >= 11 is 0. The number of halogens is 3. The van der Waals surface area contributed by atoms with E-state index in [-0.39, 0.29) is 23.5 Å². The van der Waals surface area contributed by atoms with Crippen LogP contribution in [0.1, 0.15) is 63.4 Å². The highest BCUT2D eigenvalue weighted by Gasteiger charge is 2.31. The molecule has 6 nitrogen and oxygen atoms in total. The zero-order chi connectivity index (χ0) is 26.7. The van der Waals surface area contributed by atoms with Crippen molar-refractivity contribution in [2.24, 2.45) is 5.92 Å². The second-order valence-electron chi connectivity index (χ2n) is 9.56. The second-order valence-corrected chi connectivity index (χ2v) is 9.56. The van der Waals surface area contributed by atoms with Crippen LogP contribution >= 0.6 is 0 Å². The predicted molar refractivity (Wildman–Crippen MR) is 137 cm³/mol. The van der Waals surface area contributed by atoms with Crippen LogP contribution in [0.4, 0.5) is 18.9 Å². The molecule has 1 aliphatic rings. The van der Waals surface area contributed by atoms with Crippen LogP contribution in [0.25, 0.3) is 0 Å². The van der Waals surface area contributed by atoms with Crippen LogP contribution in [-0.2, 0) is 9.59 Å². The molecule has 0 bridgehead atoms. The zero-order valence-corrected chi connectivity index (χ0v) is 21.2. The van der Waals surface area contributed by atoms with Crippen molar-refractivity contribution in [2.45, 2.75) is 70.2 Å². The van der Waals surface area contributed by atoms with E-state index < -0.39 is 12.4 Å². The molecule has 202 valence electrons. The van der Waals surface area contributed by atoms with Crippen molar-refractivity contribution < 1.29 is 27.5 Å². The first-order chi connectivity index (χ1) is 17.7. The summed E-state index contributed by atoms with van der Waals surface area (Å²) in [6.07, 6.45) is 2.76. The SMILES string of the molecule is C[C@@H](C(=O)N[C@@H](CCC1CCCCC1)C(=O)NCCNc1ccc(OC(F)(F)F)cc1)c1ccccc1. The summed E-state index contributed by atoms with van der Waals surface area (Å²) in [6, 6.07) is 14.2. The van der Waals surface area contributed by atoms with Gasteiger partial charge in [-0.1, -0.05) is 62.4 Å². The first-order valence-corrected chi connectivity index (χ1v) is 12.9. The van der Waals surface area contributed by atoms with Crippen molar-refractivity contribution >= 4 is 17.5 Å². The van der Waals surface area contributed by atoms with Gasteiger partial charge in [0.15, 0.2) is 0 Å². The maximum absolute atomic E-state index is 13.0. The summed E-state index contributed by atoms with van der Waals surface area (Å²) in [7, 11) is 0. The summed E-state index contributed by atoms with van der Waals surface area (Å²) in [6.45, 7) is 2.49. The molecule has 2 atom stereocenters. The molecular weight excluding hydrogens is 483 g/mol. The molecule has 2 amide bonds. The molecule has 37 heavy (non-hydrogen) atoms. The molecule has 0 aliphatic heterocycles. The van der Waals surface area contributed by atoms with E-state index in [1.807, 2.05) is 37.3 Å². The molecule has 9 heteroatoms. The van der Waals surface area contributed by atoms with Gasteiger partial charge in [-0.05, 0) is 55.5 Å². The van der Waals surface area contributed by atoms with Gasteiger partial charge in [0, 0.05) is 18.8 Å². The van der Waals surface area contributed by atoms with Crippen molar-refractivity contribution in [1.82, 2.24) is 10.6 Å². The van der Waals surface area contributed by atoms with Gasteiger partial charge in [0.1, 0.15) is 11.8 Å². The van der Waals surface area contributed by atoms with Gasteiger partial charge in [0.25, 0.3) is 0 Å². The normalized spacial score (nSPS) is 15.9. The van der Waals surface area contributed by atoms with Gasteiger partial charge in [-0.3, -0.25) is 9.59 Å². The Balaban J connectivity index is 1.50. The molecule has 0 heterocycles. The minimum absolute atomic E-state index is 0.186. The van der Waals surface area contributed by atoms with Crippen LogP contribution in [0.15, 0.2) is 54.6 Å². The van der Waals surface area contributed by atoms with Crippen molar-refractivity contribution in [1.29, 1.82) is 0 Å². The number of ether oxygens (including phenoxy) is 1. The Bertz CT molecular complexity index is 978. The fourth-order valence-electron chi connectivity index (χ4n) is 4.63. The summed E-state index contributed by atoms with van der Waals surface area (Å²) in [5.41, 5.74) is 1.49. The molecular formula is C28H36F3N3O3. The third-order valence-corrected chi connectivity index (χ3v) is 6.76. The van der Waals surface area contributed by atoms with Crippen molar-refractivity contribution in [3.8, 4) is 5.75 Å². The Morgan fingerprint density at radius 2 is 1.62 bits per heavy atom. The number of hydrogen-bond acceptors (Lipinski definition) is 4. The first kappa shape index (κ1) is 28.3. The van der Waals surface area contributed by atoms with Crippen LogP contribution in [0.3, 0.4) is 0 Å². The van der Waals surface area contributed by atoms with Gasteiger partial charge in [-0.2, -0.15) is 0 Å². The molecule has 0 aromatic heterocycles. The molecule has 2 aromatic carbocycles. The lowest BCUT2D eigenvalue weighted by molar-refractivity contribution is -0.274. The van der Waals surface area contributed by atoms with Gasteiger partial charge in [0.05, 0.1) is 5.92 Å². The number of carbonyl (C=O) groups is 2. The van der Waals surface area contributed by atoms with Gasteiger partial charge in [0.2, 0.25) is 11.8 Å². The highest BCUT2D eigenvalue weighted by molar-refractivity contribution is 5.90. The molecule has 0 radical (unpaired) electrons. The van der Waals surface area contributed by atoms with Crippen molar-refractivity contribution in [2.75, 3.05) is 18.4 Å². The fourth-order valence-corrected chi connectivity index (χ4v) is 4.63. The highest BCUT2D eigenvalue weighted by Crippen LogP contribution is 2.28. The summed E-state index contributed by atoms with van der Waals surface area (Å²) in [5, 5.41) is 8.89. The molecule has 0 saturated heterocycles. The number of anilines is 1. The summed E-state index contributed by atoms with van der Waals surface area (Å²) in [4.78, 5) is 26.0. The smallest absolute Gasteiger partial charge is 0.406 e. The highest BCUT2D eigenvalue weighted by atomic mass is 19.4. The van der Waals surface area contributed by atoms with Gasteiger partial charge in [-0.25, -0.2) is 0 Å². The van der Waals surface area contributed by atoms with Crippen LogP contribution in [0.5, 0.6) is 5.75 Å². The Morgan fingerprint density at radius 1 is 0.946 bits per heavy atom. The number of hydrogen-bond donors (Lipinski definition) is 3. The minimum Gasteiger partial charge on any atom is -0.406 e. The van der Waals surface area contributed by atoms with Crippen molar-refractivity contribution in [3.63, 3.8) is 0 Å². The van der Waals surface area contributed by atoms with E-state index in [9.17, 15) is 22.8 Å². The lowest BCUT2D eigenvalue weighted by Gasteiger charge is -2.25. The number of nitrogens with one attached hydrogen (secondary N) is 3. The second kappa shape index (κ2) is 13.9. The van der Waals surface area contributed by atoms with Crippen LogP contribution in [-0.4, -0.2) is 37.3 Å². The lowest BCUT2D eigenvalue weighted by atomic mass is 9.85. The molecule has 3 N–H and O–H groups in total. The Hall–Kier alpha value is -3.23. The maximum Gasteiger partial charge on any atom is 0.573 e. The molecule has 2 aromatic rings. The van der Waals surface area contributed by atoms with E-state index in [2.05, 4.69) is 20.7 Å². The Labute approximate surface area is 216 Å². The third kappa shape index (κ3) is 9.98. The largest absolute Gasteiger partial charge is 0.573 e. The predicted octanol–water partition coefficient (Wildman–Crippen LogP) is 5.76. The van der Waals surface area contributed by atoms with Gasteiger partial charge < -0.3 is 20.7 Å². The first-order valence-electron chi connectivity index (χ1n) is 12.9. The monoisotopic (exact) mass is 519 g/mol. The number of benzene rings is 2. The number of rotatable bonds is 12. The average molecular weight is 520 g/mol. The summed E-state index contributed by atoms with van der Waals surface area (Å²) < 4.78 is 40.8. The quantitative estimate of drug-likeness (QED) is 0.312. The van der Waals surface area contributed by atoms with E-state index in [1.165, 1.54) is 56.4 Å². The molecule has 0 unspecified atom stereocenters. The molecule has 0 spiro atoms. The van der Waals surface area contributed by atoms with Gasteiger partial charge >= 0.3 is 6.36 Å². The maximum atomic E-state index is 13.0.